The average molecular weight is 410 g/mol. The van der Waals surface area contributed by atoms with Crippen LogP contribution >= 0.6 is 23.5 Å². The van der Waals surface area contributed by atoms with Gasteiger partial charge >= 0.3 is 0 Å². The predicted octanol–water partition coefficient (Wildman–Crippen LogP) is 6.22. The summed E-state index contributed by atoms with van der Waals surface area (Å²) in [5.74, 6) is 1.53. The van der Waals surface area contributed by atoms with Crippen molar-refractivity contribution in [1.29, 1.82) is 0 Å². The van der Waals surface area contributed by atoms with Gasteiger partial charge in [-0.1, -0.05) is 68.7 Å². The van der Waals surface area contributed by atoms with Gasteiger partial charge in [-0.2, -0.15) is 4.99 Å². The first-order chi connectivity index (χ1) is 12.9. The molecule has 2 aliphatic rings. The van der Waals surface area contributed by atoms with Gasteiger partial charge in [-0.15, -0.1) is 0 Å². The van der Waals surface area contributed by atoms with Crippen LogP contribution in [0.25, 0.3) is 0 Å². The van der Waals surface area contributed by atoms with Crippen LogP contribution < -0.4 is 0 Å². The van der Waals surface area contributed by atoms with Crippen molar-refractivity contribution in [1.82, 2.24) is 10.1 Å². The first-order valence-electron chi connectivity index (χ1n) is 9.99. The van der Waals surface area contributed by atoms with E-state index in [1.54, 1.807) is 11.8 Å². The number of aliphatic imine (C=N–C) groups is 1. The van der Waals surface area contributed by atoms with Crippen molar-refractivity contribution in [2.75, 3.05) is 18.6 Å². The van der Waals surface area contributed by atoms with Gasteiger partial charge in [-0.3, -0.25) is 9.69 Å². The minimum absolute atomic E-state index is 0.00256. The molecule has 1 aliphatic heterocycles. The van der Waals surface area contributed by atoms with Crippen LogP contribution in [0.5, 0.6) is 0 Å². The number of aromatic nitrogens is 1. The van der Waals surface area contributed by atoms with Crippen LogP contribution in [0.2, 0.25) is 0 Å². The molecule has 7 heteroatoms. The summed E-state index contributed by atoms with van der Waals surface area (Å²) in [6.07, 6.45) is 10.1. The molecule has 1 amide bonds. The number of carbonyl (C=O) groups excluding carboxylic acids is 1. The van der Waals surface area contributed by atoms with Crippen LogP contribution in [-0.2, 0) is 5.41 Å². The minimum Gasteiger partial charge on any atom is -0.336 e. The molecule has 1 spiro atoms. The van der Waals surface area contributed by atoms with Gasteiger partial charge in [0.25, 0.3) is 11.1 Å². The van der Waals surface area contributed by atoms with E-state index in [2.05, 4.69) is 25.9 Å². The lowest BCUT2D eigenvalue weighted by atomic mass is 9.75. The van der Waals surface area contributed by atoms with Crippen molar-refractivity contribution >= 4 is 39.8 Å². The topological polar surface area (TPSA) is 58.7 Å². The molecule has 27 heavy (non-hydrogen) atoms. The highest BCUT2D eigenvalue weighted by atomic mass is 32.2. The molecule has 0 N–H and O–H groups in total. The molecule has 1 aromatic heterocycles. The Morgan fingerprint density at radius 1 is 1.37 bits per heavy atom. The van der Waals surface area contributed by atoms with Gasteiger partial charge in [-0.05, 0) is 37.4 Å². The molecule has 1 aliphatic carbocycles. The summed E-state index contributed by atoms with van der Waals surface area (Å²) < 4.78 is 5.52. The molecule has 1 aromatic rings. The molecule has 3 rings (SSSR count). The minimum atomic E-state index is 0.00256. The van der Waals surface area contributed by atoms with E-state index in [0.717, 1.165) is 36.0 Å². The molecule has 150 valence electrons. The van der Waals surface area contributed by atoms with Gasteiger partial charge in [0.1, 0.15) is 0 Å². The summed E-state index contributed by atoms with van der Waals surface area (Å²) in [4.78, 5) is 19.2. The Morgan fingerprint density at radius 2 is 2.07 bits per heavy atom. The third kappa shape index (κ3) is 4.39. The largest absolute Gasteiger partial charge is 0.336 e. The highest BCUT2D eigenvalue weighted by Gasteiger charge is 2.41. The van der Waals surface area contributed by atoms with E-state index in [0.29, 0.717) is 5.88 Å². The fraction of sp³-hybridized carbons (Fsp3) is 0.750. The lowest BCUT2D eigenvalue weighted by Gasteiger charge is -2.44. The summed E-state index contributed by atoms with van der Waals surface area (Å²) in [6, 6.07) is 1.94. The third-order valence-corrected chi connectivity index (χ3v) is 8.32. The molecule has 5 nitrogen and oxygen atoms in total. The summed E-state index contributed by atoms with van der Waals surface area (Å²) in [5, 5.41) is 5.09. The Labute approximate surface area is 171 Å². The highest BCUT2D eigenvalue weighted by Crippen LogP contribution is 2.44. The quantitative estimate of drug-likeness (QED) is 0.590. The van der Waals surface area contributed by atoms with Crippen LogP contribution in [-0.4, -0.2) is 39.0 Å². The van der Waals surface area contributed by atoms with Gasteiger partial charge in [-0.25, -0.2) is 0 Å². The standard InChI is InChI=1S/C20H31N3O2S2/c1-5-19(3,6-2)15-12-16(25-22-15)21-17-23(18(24)26-4)13-20(14-27-17)10-8-7-9-11-20/h12H,5-11,13-14H2,1-4H3/b21-17-. The van der Waals surface area contributed by atoms with Crippen molar-refractivity contribution < 1.29 is 9.32 Å². The molecule has 1 saturated carbocycles. The van der Waals surface area contributed by atoms with E-state index in [-0.39, 0.29) is 16.1 Å². The van der Waals surface area contributed by atoms with E-state index in [9.17, 15) is 4.79 Å². The van der Waals surface area contributed by atoms with Crippen LogP contribution in [0.4, 0.5) is 10.7 Å². The number of rotatable bonds is 4. The molecule has 0 bridgehead atoms. The number of amidine groups is 1. The number of amides is 1. The first-order valence-corrected chi connectivity index (χ1v) is 12.2. The Morgan fingerprint density at radius 3 is 2.70 bits per heavy atom. The number of thioether (sulfide) groups is 2. The monoisotopic (exact) mass is 409 g/mol. The molecular weight excluding hydrogens is 378 g/mol. The van der Waals surface area contributed by atoms with Gasteiger partial charge in [0.2, 0.25) is 0 Å². The first kappa shape index (κ1) is 20.8. The highest BCUT2D eigenvalue weighted by molar-refractivity contribution is 8.15. The number of hydrogen-bond acceptors (Lipinski definition) is 6. The second-order valence-electron chi connectivity index (χ2n) is 8.12. The molecule has 0 atom stereocenters. The van der Waals surface area contributed by atoms with Crippen LogP contribution in [0.3, 0.4) is 0 Å². The third-order valence-electron chi connectivity index (χ3n) is 6.42. The fourth-order valence-corrected chi connectivity index (χ4v) is 5.71. The SMILES string of the molecule is CCC(C)(CC)c1cc(/N=C2\SCC3(CCCCC3)CN2C(=O)SC)on1. The second-order valence-corrected chi connectivity index (χ2v) is 9.82. The van der Waals surface area contributed by atoms with Crippen molar-refractivity contribution in [3.05, 3.63) is 11.8 Å². The second kappa shape index (κ2) is 8.60. The fourth-order valence-electron chi connectivity index (χ4n) is 4.00. The Bertz CT molecular complexity index is 691. The molecule has 0 unspecified atom stereocenters. The van der Waals surface area contributed by atoms with Gasteiger partial charge < -0.3 is 4.52 Å². The van der Waals surface area contributed by atoms with Crippen LogP contribution in [0.1, 0.15) is 71.4 Å². The lowest BCUT2D eigenvalue weighted by molar-refractivity contribution is 0.173. The zero-order valence-corrected chi connectivity index (χ0v) is 18.5. The maximum absolute atomic E-state index is 12.6. The van der Waals surface area contributed by atoms with Crippen molar-refractivity contribution in [3.63, 3.8) is 0 Å². The van der Waals surface area contributed by atoms with E-state index >= 15 is 0 Å². The summed E-state index contributed by atoms with van der Waals surface area (Å²) in [6.45, 7) is 7.32. The van der Waals surface area contributed by atoms with Gasteiger partial charge in [0.05, 0.1) is 5.69 Å². The predicted molar refractivity (Wildman–Crippen MR) is 115 cm³/mol. The number of hydrogen-bond donors (Lipinski definition) is 0. The molecule has 1 saturated heterocycles. The smallest absolute Gasteiger partial charge is 0.287 e. The number of carbonyl (C=O) groups is 1. The number of nitrogens with zero attached hydrogens (tertiary/aromatic N) is 3. The molecular formula is C20H31N3O2S2. The zero-order chi connectivity index (χ0) is 19.5. The van der Waals surface area contributed by atoms with Gasteiger partial charge in [0.15, 0.2) is 5.17 Å². The molecule has 0 aromatic carbocycles. The summed E-state index contributed by atoms with van der Waals surface area (Å²) in [7, 11) is 0. The molecule has 0 radical (unpaired) electrons. The lowest BCUT2D eigenvalue weighted by Crippen LogP contribution is -2.48. The van der Waals surface area contributed by atoms with Crippen molar-refractivity contribution in [2.45, 2.75) is 71.1 Å². The van der Waals surface area contributed by atoms with E-state index in [4.69, 9.17) is 9.52 Å². The van der Waals surface area contributed by atoms with Crippen LogP contribution in [0.15, 0.2) is 15.6 Å². The zero-order valence-electron chi connectivity index (χ0n) is 16.9. The Kier molecular flexibility index (Phi) is 6.62. The van der Waals surface area contributed by atoms with E-state index < -0.39 is 0 Å². The average Bonchev–Trinajstić information content (AvgIpc) is 3.18. The Balaban J connectivity index is 1.84. The molecule has 2 heterocycles. The Hall–Kier alpha value is -0.950. The van der Waals surface area contributed by atoms with E-state index in [1.807, 2.05) is 17.2 Å². The maximum atomic E-state index is 12.6. The normalized spacial score (nSPS) is 21.8. The van der Waals surface area contributed by atoms with Crippen LogP contribution in [0, 0.1) is 5.41 Å². The maximum Gasteiger partial charge on any atom is 0.287 e. The molecule has 2 fully saturated rings. The summed E-state index contributed by atoms with van der Waals surface area (Å²) in [5.41, 5.74) is 1.20. The van der Waals surface area contributed by atoms with Crippen molar-refractivity contribution in [2.24, 2.45) is 10.4 Å². The van der Waals surface area contributed by atoms with E-state index in [1.165, 1.54) is 43.9 Å². The van der Waals surface area contributed by atoms with Crippen molar-refractivity contribution in [3.8, 4) is 0 Å². The summed E-state index contributed by atoms with van der Waals surface area (Å²) >= 11 is 2.95. The van der Waals surface area contributed by atoms with Gasteiger partial charge in [0, 0.05) is 23.8 Å².